The zero-order chi connectivity index (χ0) is 11.1. The van der Waals surface area contributed by atoms with Crippen LogP contribution in [-0.2, 0) is 9.53 Å². The summed E-state index contributed by atoms with van der Waals surface area (Å²) in [5.41, 5.74) is 11.2. The van der Waals surface area contributed by atoms with E-state index in [1.165, 1.54) is 7.11 Å². The third-order valence-electron chi connectivity index (χ3n) is 1.21. The molecule has 0 bridgehead atoms. The number of hydrogen-bond acceptors (Lipinski definition) is 6. The second-order valence-electron chi connectivity index (χ2n) is 2.33. The van der Waals surface area contributed by atoms with Gasteiger partial charge in [-0.2, -0.15) is 0 Å². The minimum absolute atomic E-state index is 0.301. The standard InChI is InChI=1S/C7H14ClN3O2S/c1-4(9)5(6(12)13-3)14-7(8)11-10-2/h7,10-11H,9H2,1-3H3/b5-4+. The van der Waals surface area contributed by atoms with E-state index < -0.39 is 10.8 Å². The molecule has 0 fully saturated rings. The van der Waals surface area contributed by atoms with Crippen LogP contribution in [0.15, 0.2) is 10.6 Å². The van der Waals surface area contributed by atoms with E-state index in [0.717, 1.165) is 11.8 Å². The fourth-order valence-corrected chi connectivity index (χ4v) is 1.77. The summed E-state index contributed by atoms with van der Waals surface area (Å²) in [6.07, 6.45) is 0. The number of hydrazine groups is 1. The number of alkyl halides is 1. The number of carbonyl (C=O) groups excluding carboxylic acids is 1. The molecule has 4 N–H and O–H groups in total. The molecule has 0 aromatic rings. The zero-order valence-electron chi connectivity index (χ0n) is 8.26. The summed E-state index contributed by atoms with van der Waals surface area (Å²) >= 11 is 6.89. The Morgan fingerprint density at radius 3 is 2.57 bits per heavy atom. The minimum Gasteiger partial charge on any atom is -0.465 e. The molecule has 1 atom stereocenters. The predicted octanol–water partition coefficient (Wildman–Crippen LogP) is 0.329. The maximum atomic E-state index is 11.2. The molecule has 0 aliphatic heterocycles. The maximum absolute atomic E-state index is 11.2. The summed E-state index contributed by atoms with van der Waals surface area (Å²) in [5, 5.41) is 0. The van der Waals surface area contributed by atoms with E-state index in [0.29, 0.717) is 10.6 Å². The highest BCUT2D eigenvalue weighted by atomic mass is 35.5. The molecule has 0 saturated heterocycles. The highest BCUT2D eigenvalue weighted by Gasteiger charge is 2.17. The van der Waals surface area contributed by atoms with Crippen molar-refractivity contribution < 1.29 is 9.53 Å². The quantitative estimate of drug-likeness (QED) is 0.160. The minimum atomic E-state index is -0.493. The molecule has 0 aliphatic rings. The fourth-order valence-electron chi connectivity index (χ4n) is 0.641. The average molecular weight is 240 g/mol. The van der Waals surface area contributed by atoms with Gasteiger partial charge in [0, 0.05) is 5.70 Å². The maximum Gasteiger partial charge on any atom is 0.346 e. The SMILES string of the molecule is CNNC(Cl)S/C(C(=O)OC)=C(\C)N. The van der Waals surface area contributed by atoms with Crippen LogP contribution in [0.2, 0.25) is 0 Å². The second kappa shape index (κ2) is 6.94. The van der Waals surface area contributed by atoms with Gasteiger partial charge in [-0.25, -0.2) is 10.2 Å². The lowest BCUT2D eigenvalue weighted by atomic mass is 10.4. The Morgan fingerprint density at radius 2 is 2.21 bits per heavy atom. The van der Waals surface area contributed by atoms with Gasteiger partial charge in [-0.05, 0) is 14.0 Å². The van der Waals surface area contributed by atoms with E-state index in [9.17, 15) is 4.79 Å². The van der Waals surface area contributed by atoms with Gasteiger partial charge in [-0.3, -0.25) is 5.43 Å². The summed E-state index contributed by atoms with van der Waals surface area (Å²) in [5.74, 6) is -0.487. The van der Waals surface area contributed by atoms with Crippen molar-refractivity contribution in [1.82, 2.24) is 10.9 Å². The molecular weight excluding hydrogens is 226 g/mol. The summed E-state index contributed by atoms with van der Waals surface area (Å²) in [6.45, 7) is 1.61. The lowest BCUT2D eigenvalue weighted by Gasteiger charge is -2.12. The molecule has 7 heteroatoms. The molecule has 0 radical (unpaired) electrons. The van der Waals surface area contributed by atoms with Crippen molar-refractivity contribution in [3.63, 3.8) is 0 Å². The first-order valence-corrected chi connectivity index (χ1v) is 5.12. The molecule has 1 unspecified atom stereocenters. The van der Waals surface area contributed by atoms with Crippen LogP contribution < -0.4 is 16.6 Å². The first-order chi connectivity index (χ1) is 6.52. The van der Waals surface area contributed by atoms with Crippen molar-refractivity contribution in [3.05, 3.63) is 10.6 Å². The van der Waals surface area contributed by atoms with Crippen molar-refractivity contribution in [2.75, 3.05) is 14.2 Å². The number of halogens is 1. The largest absolute Gasteiger partial charge is 0.465 e. The third-order valence-corrected chi connectivity index (χ3v) is 2.63. The molecular formula is C7H14ClN3O2S. The number of thioether (sulfide) groups is 1. The van der Waals surface area contributed by atoms with Crippen LogP contribution in [0.3, 0.4) is 0 Å². The third kappa shape index (κ3) is 4.71. The Morgan fingerprint density at radius 1 is 1.64 bits per heavy atom. The first kappa shape index (κ1) is 13.6. The molecule has 0 aromatic carbocycles. The highest BCUT2D eigenvalue weighted by molar-refractivity contribution is 8.05. The van der Waals surface area contributed by atoms with Gasteiger partial charge in [-0.15, -0.1) is 0 Å². The Balaban J connectivity index is 4.41. The molecule has 5 nitrogen and oxygen atoms in total. The normalized spacial score (nSPS) is 14.6. The van der Waals surface area contributed by atoms with Crippen molar-refractivity contribution in [1.29, 1.82) is 0 Å². The van der Waals surface area contributed by atoms with Crippen molar-refractivity contribution in [3.8, 4) is 0 Å². The van der Waals surface area contributed by atoms with Gasteiger partial charge in [0.2, 0.25) is 0 Å². The molecule has 0 rings (SSSR count). The van der Waals surface area contributed by atoms with Gasteiger partial charge in [0.15, 0.2) is 0 Å². The number of allylic oxidation sites excluding steroid dienone is 1. The van der Waals surface area contributed by atoms with Gasteiger partial charge in [0.05, 0.1) is 7.11 Å². The van der Waals surface area contributed by atoms with E-state index in [4.69, 9.17) is 17.3 Å². The number of nitrogens with two attached hydrogens (primary N) is 1. The molecule has 14 heavy (non-hydrogen) atoms. The van der Waals surface area contributed by atoms with Crippen LogP contribution in [0.4, 0.5) is 0 Å². The summed E-state index contributed by atoms with van der Waals surface area (Å²) < 4.78 is 4.55. The van der Waals surface area contributed by atoms with Crippen molar-refractivity contribution >= 4 is 29.3 Å². The molecule has 0 spiro atoms. The van der Waals surface area contributed by atoms with E-state index >= 15 is 0 Å². The van der Waals surface area contributed by atoms with Gasteiger partial charge in [0.1, 0.15) is 9.74 Å². The number of esters is 1. The van der Waals surface area contributed by atoms with Crippen LogP contribution in [0, 0.1) is 0 Å². The molecule has 82 valence electrons. The lowest BCUT2D eigenvalue weighted by molar-refractivity contribution is -0.135. The molecule has 0 saturated carbocycles. The zero-order valence-corrected chi connectivity index (χ0v) is 9.83. The molecule has 0 aromatic heterocycles. The topological polar surface area (TPSA) is 76.4 Å². The van der Waals surface area contributed by atoms with Gasteiger partial charge in [-0.1, -0.05) is 23.4 Å². The number of methoxy groups -OCH3 is 1. The summed E-state index contributed by atoms with van der Waals surface area (Å²) in [6, 6.07) is 0. The van der Waals surface area contributed by atoms with Gasteiger partial charge < -0.3 is 10.5 Å². The number of hydrogen-bond donors (Lipinski definition) is 3. The first-order valence-electron chi connectivity index (χ1n) is 3.80. The number of nitrogens with one attached hydrogen (secondary N) is 2. The fraction of sp³-hybridized carbons (Fsp3) is 0.571. The molecule has 0 heterocycles. The Hall–Kier alpha value is -0.430. The van der Waals surface area contributed by atoms with E-state index in [1.807, 2.05) is 0 Å². The number of rotatable bonds is 5. The summed E-state index contributed by atoms with van der Waals surface area (Å²) in [7, 11) is 2.97. The number of ether oxygens (including phenoxy) is 1. The summed E-state index contributed by atoms with van der Waals surface area (Å²) in [4.78, 5) is 11.0. The Bertz CT molecular complexity index is 231. The van der Waals surface area contributed by atoms with E-state index in [2.05, 4.69) is 15.6 Å². The predicted molar refractivity (Wildman–Crippen MR) is 58.3 cm³/mol. The van der Waals surface area contributed by atoms with Crippen molar-refractivity contribution in [2.45, 2.75) is 11.8 Å². The highest BCUT2D eigenvalue weighted by Crippen LogP contribution is 2.24. The Kier molecular flexibility index (Phi) is 6.73. The van der Waals surface area contributed by atoms with Gasteiger partial charge in [0.25, 0.3) is 0 Å². The van der Waals surface area contributed by atoms with Crippen molar-refractivity contribution in [2.24, 2.45) is 5.73 Å². The van der Waals surface area contributed by atoms with Crippen LogP contribution in [0.25, 0.3) is 0 Å². The second-order valence-corrected chi connectivity index (χ2v) is 4.14. The molecule has 0 amide bonds. The van der Waals surface area contributed by atoms with Gasteiger partial charge >= 0.3 is 5.97 Å². The monoisotopic (exact) mass is 239 g/mol. The Labute approximate surface area is 92.4 Å². The lowest BCUT2D eigenvalue weighted by Crippen LogP contribution is -2.33. The average Bonchev–Trinajstić information content (AvgIpc) is 2.13. The smallest absolute Gasteiger partial charge is 0.346 e. The van der Waals surface area contributed by atoms with Crippen LogP contribution in [0.1, 0.15) is 6.92 Å². The van der Waals surface area contributed by atoms with Crippen LogP contribution in [0.5, 0.6) is 0 Å². The molecule has 0 aliphatic carbocycles. The van der Waals surface area contributed by atoms with Crippen LogP contribution in [-0.4, -0.2) is 25.0 Å². The van der Waals surface area contributed by atoms with Crippen LogP contribution >= 0.6 is 23.4 Å². The van der Waals surface area contributed by atoms with E-state index in [-0.39, 0.29) is 0 Å². The van der Waals surface area contributed by atoms with E-state index in [1.54, 1.807) is 14.0 Å². The number of carbonyl (C=O) groups is 1.